The molecule has 0 unspecified atom stereocenters. The van der Waals surface area contributed by atoms with Crippen LogP contribution in [0.25, 0.3) is 0 Å². The Kier molecular flexibility index (Phi) is 4.04. The lowest BCUT2D eigenvalue weighted by Crippen LogP contribution is -2.62. The predicted octanol–water partition coefficient (Wildman–Crippen LogP) is 2.56. The minimum atomic E-state index is 0.492. The molecule has 0 aromatic carbocycles. The lowest BCUT2D eigenvalue weighted by Gasteiger charge is -2.50. The number of nitrogens with zero attached hydrogens (tertiary/aromatic N) is 1. The van der Waals surface area contributed by atoms with Gasteiger partial charge in [-0.15, -0.1) is 6.58 Å². The monoisotopic (exact) mass is 222 g/mol. The molecule has 1 saturated heterocycles. The molecular formula is C14H26N2. The van der Waals surface area contributed by atoms with E-state index in [0.717, 1.165) is 6.54 Å². The van der Waals surface area contributed by atoms with Crippen molar-refractivity contribution in [3.63, 3.8) is 0 Å². The fourth-order valence-corrected chi connectivity index (χ4v) is 3.26. The summed E-state index contributed by atoms with van der Waals surface area (Å²) in [7, 11) is 0. The van der Waals surface area contributed by atoms with E-state index in [1.807, 2.05) is 0 Å². The SMILES string of the molecule is C=C(C)CCN1CCNCC12CCCCC2. The molecule has 0 aromatic heterocycles. The summed E-state index contributed by atoms with van der Waals surface area (Å²) < 4.78 is 0. The third-order valence-corrected chi connectivity index (χ3v) is 4.28. The van der Waals surface area contributed by atoms with Gasteiger partial charge >= 0.3 is 0 Å². The Morgan fingerprint density at radius 3 is 2.75 bits per heavy atom. The lowest BCUT2D eigenvalue weighted by atomic mass is 9.79. The number of hydrogen-bond donors (Lipinski definition) is 1. The molecule has 92 valence electrons. The van der Waals surface area contributed by atoms with E-state index in [0.29, 0.717) is 5.54 Å². The van der Waals surface area contributed by atoms with Crippen molar-refractivity contribution in [3.05, 3.63) is 12.2 Å². The van der Waals surface area contributed by atoms with Gasteiger partial charge in [-0.1, -0.05) is 24.8 Å². The van der Waals surface area contributed by atoms with Crippen molar-refractivity contribution in [2.45, 2.75) is 51.0 Å². The number of piperazine rings is 1. The number of rotatable bonds is 3. The number of nitrogens with one attached hydrogen (secondary N) is 1. The summed E-state index contributed by atoms with van der Waals surface area (Å²) in [6, 6.07) is 0. The molecule has 1 aliphatic heterocycles. The van der Waals surface area contributed by atoms with Crippen LogP contribution in [-0.4, -0.2) is 36.6 Å². The second-order valence-corrected chi connectivity index (χ2v) is 5.66. The van der Waals surface area contributed by atoms with Crippen LogP contribution in [0.1, 0.15) is 45.4 Å². The largest absolute Gasteiger partial charge is 0.314 e. The molecule has 1 heterocycles. The van der Waals surface area contributed by atoms with Crippen LogP contribution in [0.4, 0.5) is 0 Å². The zero-order valence-electron chi connectivity index (χ0n) is 10.7. The van der Waals surface area contributed by atoms with Gasteiger partial charge in [0.2, 0.25) is 0 Å². The molecule has 1 N–H and O–H groups in total. The van der Waals surface area contributed by atoms with Gasteiger partial charge in [-0.05, 0) is 26.2 Å². The van der Waals surface area contributed by atoms with E-state index in [1.165, 1.54) is 63.7 Å². The van der Waals surface area contributed by atoms with Gasteiger partial charge < -0.3 is 5.32 Å². The Morgan fingerprint density at radius 1 is 1.31 bits per heavy atom. The summed E-state index contributed by atoms with van der Waals surface area (Å²) in [6.07, 6.45) is 8.25. The van der Waals surface area contributed by atoms with E-state index in [-0.39, 0.29) is 0 Å². The highest BCUT2D eigenvalue weighted by Gasteiger charge is 2.38. The van der Waals surface area contributed by atoms with Gasteiger partial charge in [0.05, 0.1) is 0 Å². The van der Waals surface area contributed by atoms with Crippen molar-refractivity contribution in [1.29, 1.82) is 0 Å². The van der Waals surface area contributed by atoms with Crippen LogP contribution in [0.5, 0.6) is 0 Å². The van der Waals surface area contributed by atoms with Gasteiger partial charge in [-0.3, -0.25) is 4.90 Å². The fourth-order valence-electron chi connectivity index (χ4n) is 3.26. The Bertz CT molecular complexity index is 233. The highest BCUT2D eigenvalue weighted by atomic mass is 15.3. The van der Waals surface area contributed by atoms with Gasteiger partial charge in [0.25, 0.3) is 0 Å². The molecule has 0 amide bonds. The Hall–Kier alpha value is -0.340. The minimum Gasteiger partial charge on any atom is -0.314 e. The van der Waals surface area contributed by atoms with Crippen molar-refractivity contribution in [2.24, 2.45) is 0 Å². The molecule has 2 fully saturated rings. The molecule has 1 spiro atoms. The van der Waals surface area contributed by atoms with Crippen LogP contribution in [-0.2, 0) is 0 Å². The van der Waals surface area contributed by atoms with E-state index < -0.39 is 0 Å². The molecule has 2 heteroatoms. The molecule has 1 saturated carbocycles. The van der Waals surface area contributed by atoms with Crippen molar-refractivity contribution in [3.8, 4) is 0 Å². The standard InChI is InChI=1S/C14H26N2/c1-13(2)6-10-16-11-9-15-12-14(16)7-4-3-5-8-14/h15H,1,3-12H2,2H3. The van der Waals surface area contributed by atoms with Crippen molar-refractivity contribution < 1.29 is 0 Å². The third kappa shape index (κ3) is 2.67. The van der Waals surface area contributed by atoms with Crippen LogP contribution in [0, 0.1) is 0 Å². The summed E-state index contributed by atoms with van der Waals surface area (Å²) in [6.45, 7) is 11.0. The van der Waals surface area contributed by atoms with Crippen LogP contribution in [0.15, 0.2) is 12.2 Å². The highest BCUT2D eigenvalue weighted by Crippen LogP contribution is 2.34. The van der Waals surface area contributed by atoms with Gasteiger partial charge in [-0.2, -0.15) is 0 Å². The maximum atomic E-state index is 4.03. The summed E-state index contributed by atoms with van der Waals surface area (Å²) in [5.41, 5.74) is 1.82. The maximum Gasteiger partial charge on any atom is 0.0334 e. The molecule has 2 rings (SSSR count). The first-order chi connectivity index (χ1) is 7.73. The normalized spacial score (nSPS) is 25.8. The molecule has 0 aromatic rings. The molecule has 0 bridgehead atoms. The molecule has 0 radical (unpaired) electrons. The van der Waals surface area contributed by atoms with Crippen molar-refractivity contribution >= 4 is 0 Å². The van der Waals surface area contributed by atoms with E-state index >= 15 is 0 Å². The quantitative estimate of drug-likeness (QED) is 0.738. The Labute approximate surface area is 100 Å². The predicted molar refractivity (Wildman–Crippen MR) is 69.7 cm³/mol. The summed E-state index contributed by atoms with van der Waals surface area (Å²) >= 11 is 0. The first-order valence-electron chi connectivity index (χ1n) is 6.83. The van der Waals surface area contributed by atoms with Gasteiger partial charge in [0.1, 0.15) is 0 Å². The summed E-state index contributed by atoms with van der Waals surface area (Å²) in [5.74, 6) is 0. The van der Waals surface area contributed by atoms with Crippen LogP contribution in [0.3, 0.4) is 0 Å². The third-order valence-electron chi connectivity index (χ3n) is 4.28. The van der Waals surface area contributed by atoms with Gasteiger partial charge in [0, 0.05) is 31.7 Å². The zero-order chi connectivity index (χ0) is 11.4. The summed E-state index contributed by atoms with van der Waals surface area (Å²) in [4.78, 5) is 2.75. The van der Waals surface area contributed by atoms with Crippen molar-refractivity contribution in [1.82, 2.24) is 10.2 Å². The zero-order valence-corrected chi connectivity index (χ0v) is 10.7. The Balaban J connectivity index is 1.97. The maximum absolute atomic E-state index is 4.03. The topological polar surface area (TPSA) is 15.3 Å². The van der Waals surface area contributed by atoms with E-state index in [1.54, 1.807) is 0 Å². The second-order valence-electron chi connectivity index (χ2n) is 5.66. The second kappa shape index (κ2) is 5.33. The van der Waals surface area contributed by atoms with E-state index in [4.69, 9.17) is 0 Å². The first kappa shape index (κ1) is 12.1. The Morgan fingerprint density at radius 2 is 2.06 bits per heavy atom. The molecular weight excluding hydrogens is 196 g/mol. The molecule has 2 nitrogen and oxygen atoms in total. The molecule has 16 heavy (non-hydrogen) atoms. The molecule has 0 atom stereocenters. The fraction of sp³-hybridized carbons (Fsp3) is 0.857. The average molecular weight is 222 g/mol. The first-order valence-corrected chi connectivity index (χ1v) is 6.83. The molecule has 2 aliphatic rings. The summed E-state index contributed by atoms with van der Waals surface area (Å²) in [5, 5.41) is 3.60. The lowest BCUT2D eigenvalue weighted by molar-refractivity contribution is 0.0287. The minimum absolute atomic E-state index is 0.492. The number of hydrogen-bond acceptors (Lipinski definition) is 2. The highest BCUT2D eigenvalue weighted by molar-refractivity contribution is 4.99. The van der Waals surface area contributed by atoms with E-state index in [9.17, 15) is 0 Å². The molecule has 1 aliphatic carbocycles. The van der Waals surface area contributed by atoms with Crippen LogP contribution in [0.2, 0.25) is 0 Å². The van der Waals surface area contributed by atoms with Gasteiger partial charge in [-0.25, -0.2) is 0 Å². The van der Waals surface area contributed by atoms with Gasteiger partial charge in [0.15, 0.2) is 0 Å². The van der Waals surface area contributed by atoms with Crippen LogP contribution >= 0.6 is 0 Å². The smallest absolute Gasteiger partial charge is 0.0334 e. The van der Waals surface area contributed by atoms with Crippen LogP contribution < -0.4 is 5.32 Å². The van der Waals surface area contributed by atoms with E-state index in [2.05, 4.69) is 23.7 Å². The van der Waals surface area contributed by atoms with Crippen molar-refractivity contribution in [2.75, 3.05) is 26.2 Å². The average Bonchev–Trinajstić information content (AvgIpc) is 2.29.